The van der Waals surface area contributed by atoms with Crippen LogP contribution in [-0.4, -0.2) is 46.7 Å². The predicted octanol–water partition coefficient (Wildman–Crippen LogP) is 1.92. The molecule has 0 saturated carbocycles. The first kappa shape index (κ1) is 13.1. The van der Waals surface area contributed by atoms with Crippen molar-refractivity contribution in [3.05, 3.63) is 18.7 Å². The van der Waals surface area contributed by atoms with Gasteiger partial charge in [-0.1, -0.05) is 0 Å². The van der Waals surface area contributed by atoms with E-state index in [-0.39, 0.29) is 6.04 Å². The number of likely N-dealkylation sites (tertiary alicyclic amines) is 1. The molecule has 0 aliphatic carbocycles. The van der Waals surface area contributed by atoms with Crippen LogP contribution in [0.3, 0.4) is 0 Å². The molecule has 0 bridgehead atoms. The lowest BCUT2D eigenvalue weighted by atomic mass is 10.0. The number of aromatic nitrogens is 2. The van der Waals surface area contributed by atoms with Gasteiger partial charge in [-0.3, -0.25) is 4.90 Å². The summed E-state index contributed by atoms with van der Waals surface area (Å²) in [6.07, 6.45) is 2.06. The summed E-state index contributed by atoms with van der Waals surface area (Å²) in [5.41, 5.74) is 0.812. The van der Waals surface area contributed by atoms with Crippen molar-refractivity contribution in [2.24, 2.45) is 0 Å². The number of nitrogens with one attached hydrogen (secondary N) is 1. The highest BCUT2D eigenvalue weighted by Crippen LogP contribution is 2.21. The van der Waals surface area contributed by atoms with Gasteiger partial charge in [-0.15, -0.1) is 0 Å². The third kappa shape index (κ3) is 4.14. The Balaban J connectivity index is 1.77. The number of alkyl halides is 3. The number of hydrogen-bond donors (Lipinski definition) is 1. The normalized spacial score (nSPS) is 18.8. The molecule has 1 aliphatic rings. The lowest BCUT2D eigenvalue weighted by Gasteiger charge is -2.33. The maximum atomic E-state index is 12.2. The molecule has 4 nitrogen and oxygen atoms in total. The van der Waals surface area contributed by atoms with Crippen LogP contribution in [0.15, 0.2) is 18.7 Å². The van der Waals surface area contributed by atoms with Gasteiger partial charge in [0.2, 0.25) is 0 Å². The summed E-state index contributed by atoms with van der Waals surface area (Å²) in [4.78, 5) is 9.21. The molecule has 18 heavy (non-hydrogen) atoms. The van der Waals surface area contributed by atoms with Gasteiger partial charge in [0, 0.05) is 19.1 Å². The predicted molar refractivity (Wildman–Crippen MR) is 61.2 cm³/mol. The average Bonchev–Trinajstić information content (AvgIpc) is 2.31. The van der Waals surface area contributed by atoms with E-state index < -0.39 is 12.7 Å². The molecule has 7 heteroatoms. The lowest BCUT2D eigenvalue weighted by molar-refractivity contribution is -0.147. The van der Waals surface area contributed by atoms with Crippen LogP contribution in [0, 0.1) is 0 Å². The highest BCUT2D eigenvalue weighted by Gasteiger charge is 2.32. The molecule has 1 saturated heterocycles. The number of hydrogen-bond acceptors (Lipinski definition) is 4. The van der Waals surface area contributed by atoms with E-state index in [2.05, 4.69) is 15.3 Å². The smallest absolute Gasteiger partial charge is 0.380 e. The Kier molecular flexibility index (Phi) is 4.00. The van der Waals surface area contributed by atoms with Gasteiger partial charge in [0.15, 0.2) is 0 Å². The molecule has 1 N–H and O–H groups in total. The molecule has 0 amide bonds. The van der Waals surface area contributed by atoms with Crippen molar-refractivity contribution >= 4 is 5.69 Å². The zero-order valence-electron chi connectivity index (χ0n) is 9.82. The highest BCUT2D eigenvalue weighted by molar-refractivity contribution is 5.38. The molecule has 0 aromatic carbocycles. The first-order valence-electron chi connectivity index (χ1n) is 5.83. The summed E-state index contributed by atoms with van der Waals surface area (Å²) < 4.78 is 36.6. The van der Waals surface area contributed by atoms with Crippen LogP contribution >= 0.6 is 0 Å². The van der Waals surface area contributed by atoms with Gasteiger partial charge in [0.05, 0.1) is 24.6 Å². The largest absolute Gasteiger partial charge is 0.401 e. The highest BCUT2D eigenvalue weighted by atomic mass is 19.4. The van der Waals surface area contributed by atoms with Crippen molar-refractivity contribution in [2.75, 3.05) is 25.0 Å². The van der Waals surface area contributed by atoms with Crippen molar-refractivity contribution in [1.29, 1.82) is 0 Å². The zero-order chi connectivity index (χ0) is 13.0. The Morgan fingerprint density at radius 3 is 2.39 bits per heavy atom. The van der Waals surface area contributed by atoms with Crippen LogP contribution in [0.4, 0.5) is 18.9 Å². The SMILES string of the molecule is FC(F)(F)CN1CCC(Nc2cncnc2)CC1. The second kappa shape index (κ2) is 5.51. The van der Waals surface area contributed by atoms with Crippen LogP contribution in [0.25, 0.3) is 0 Å². The van der Waals surface area contributed by atoms with Crippen LogP contribution in [0.5, 0.6) is 0 Å². The van der Waals surface area contributed by atoms with Gasteiger partial charge in [-0.2, -0.15) is 13.2 Å². The van der Waals surface area contributed by atoms with E-state index >= 15 is 0 Å². The molecule has 1 fully saturated rings. The Hall–Kier alpha value is -1.37. The molecule has 100 valence electrons. The van der Waals surface area contributed by atoms with E-state index in [0.717, 1.165) is 5.69 Å². The Bertz CT molecular complexity index is 360. The minimum Gasteiger partial charge on any atom is -0.380 e. The quantitative estimate of drug-likeness (QED) is 0.901. The van der Waals surface area contributed by atoms with Crippen LogP contribution in [0.1, 0.15) is 12.8 Å². The van der Waals surface area contributed by atoms with Crippen molar-refractivity contribution in [1.82, 2.24) is 14.9 Å². The van der Waals surface area contributed by atoms with Gasteiger partial charge >= 0.3 is 6.18 Å². The molecule has 0 atom stereocenters. The molecule has 0 radical (unpaired) electrons. The average molecular weight is 260 g/mol. The fourth-order valence-corrected chi connectivity index (χ4v) is 2.10. The molecule has 2 heterocycles. The summed E-state index contributed by atoms with van der Waals surface area (Å²) in [6, 6.07) is 0.195. The lowest BCUT2D eigenvalue weighted by Crippen LogP contribution is -2.43. The molecular weight excluding hydrogens is 245 g/mol. The first-order valence-corrected chi connectivity index (χ1v) is 5.83. The molecule has 1 aromatic rings. The van der Waals surface area contributed by atoms with E-state index in [9.17, 15) is 13.2 Å². The molecule has 1 aliphatic heterocycles. The minimum atomic E-state index is -4.10. The van der Waals surface area contributed by atoms with E-state index in [4.69, 9.17) is 0 Å². The molecule has 0 spiro atoms. The third-order valence-electron chi connectivity index (χ3n) is 2.92. The molecule has 2 rings (SSSR count). The second-order valence-electron chi connectivity index (χ2n) is 4.44. The van der Waals surface area contributed by atoms with Gasteiger partial charge in [-0.05, 0) is 12.8 Å². The van der Waals surface area contributed by atoms with E-state index in [0.29, 0.717) is 25.9 Å². The first-order chi connectivity index (χ1) is 8.53. The van der Waals surface area contributed by atoms with Gasteiger partial charge in [-0.25, -0.2) is 9.97 Å². The van der Waals surface area contributed by atoms with Crippen LogP contribution in [0.2, 0.25) is 0 Å². The minimum absolute atomic E-state index is 0.195. The number of piperidine rings is 1. The number of halogens is 3. The van der Waals surface area contributed by atoms with E-state index in [1.54, 1.807) is 12.4 Å². The fourth-order valence-electron chi connectivity index (χ4n) is 2.10. The Morgan fingerprint density at radius 1 is 1.22 bits per heavy atom. The van der Waals surface area contributed by atoms with Crippen molar-refractivity contribution in [3.8, 4) is 0 Å². The van der Waals surface area contributed by atoms with Crippen molar-refractivity contribution in [3.63, 3.8) is 0 Å². The monoisotopic (exact) mass is 260 g/mol. The summed E-state index contributed by atoms with van der Waals surface area (Å²) >= 11 is 0. The number of nitrogens with zero attached hydrogens (tertiary/aromatic N) is 3. The summed E-state index contributed by atoms with van der Waals surface area (Å²) in [7, 11) is 0. The second-order valence-corrected chi connectivity index (χ2v) is 4.44. The fraction of sp³-hybridized carbons (Fsp3) is 0.636. The topological polar surface area (TPSA) is 41.0 Å². The van der Waals surface area contributed by atoms with E-state index in [1.807, 2.05) is 0 Å². The third-order valence-corrected chi connectivity index (χ3v) is 2.92. The zero-order valence-corrected chi connectivity index (χ0v) is 9.82. The summed E-state index contributed by atoms with van der Waals surface area (Å²) in [6.45, 7) is 0.115. The van der Waals surface area contributed by atoms with Gasteiger partial charge < -0.3 is 5.32 Å². The Morgan fingerprint density at radius 2 is 1.83 bits per heavy atom. The maximum Gasteiger partial charge on any atom is 0.401 e. The van der Waals surface area contributed by atoms with Gasteiger partial charge in [0.1, 0.15) is 6.33 Å². The maximum absolute atomic E-state index is 12.2. The standard InChI is InChI=1S/C11H15F3N4/c12-11(13,14)7-18-3-1-9(2-4-18)17-10-5-15-8-16-6-10/h5-6,8-9,17H,1-4,7H2. The van der Waals surface area contributed by atoms with E-state index in [1.165, 1.54) is 11.2 Å². The Labute approximate surface area is 103 Å². The number of anilines is 1. The van der Waals surface area contributed by atoms with Crippen molar-refractivity contribution < 1.29 is 13.2 Å². The van der Waals surface area contributed by atoms with Crippen molar-refractivity contribution in [2.45, 2.75) is 25.1 Å². The van der Waals surface area contributed by atoms with Crippen LogP contribution in [-0.2, 0) is 0 Å². The number of rotatable bonds is 3. The summed E-state index contributed by atoms with van der Waals surface area (Å²) in [5.74, 6) is 0. The van der Waals surface area contributed by atoms with Gasteiger partial charge in [0.25, 0.3) is 0 Å². The van der Waals surface area contributed by atoms with Crippen LogP contribution < -0.4 is 5.32 Å². The summed E-state index contributed by atoms with van der Waals surface area (Å²) in [5, 5.41) is 3.23. The molecule has 0 unspecified atom stereocenters. The molecular formula is C11H15F3N4. The molecule has 1 aromatic heterocycles.